The molecule has 0 unspecified atom stereocenters. The molecular formula is C23H19NO5. The second kappa shape index (κ2) is 6.81. The third kappa shape index (κ3) is 2.88. The molecule has 29 heavy (non-hydrogen) atoms. The van der Waals surface area contributed by atoms with Crippen LogP contribution in [0, 0.1) is 0 Å². The number of aromatic nitrogens is 1. The summed E-state index contributed by atoms with van der Waals surface area (Å²) in [6.07, 6.45) is 2.28. The van der Waals surface area contributed by atoms with Gasteiger partial charge in [-0.15, -0.1) is 0 Å². The van der Waals surface area contributed by atoms with Gasteiger partial charge in [0, 0.05) is 35.9 Å². The highest BCUT2D eigenvalue weighted by atomic mass is 16.6. The average molecular weight is 389 g/mol. The number of ether oxygens (including phenoxy) is 3. The van der Waals surface area contributed by atoms with Gasteiger partial charge in [0.15, 0.2) is 17.3 Å². The van der Waals surface area contributed by atoms with E-state index in [1.807, 2.05) is 41.1 Å². The molecule has 0 amide bonds. The Morgan fingerprint density at radius 2 is 1.79 bits per heavy atom. The molecule has 1 aromatic heterocycles. The quantitative estimate of drug-likeness (QED) is 0.625. The van der Waals surface area contributed by atoms with E-state index >= 15 is 0 Å². The number of hydrogen-bond acceptors (Lipinski definition) is 5. The Labute approximate surface area is 167 Å². The molecular weight excluding hydrogens is 370 g/mol. The fraction of sp³-hybridized carbons (Fsp3) is 0.217. The fourth-order valence-corrected chi connectivity index (χ4v) is 4.06. The Kier molecular flexibility index (Phi) is 4.12. The monoisotopic (exact) mass is 389 g/mol. The van der Waals surface area contributed by atoms with E-state index in [2.05, 4.69) is 0 Å². The van der Waals surface area contributed by atoms with Gasteiger partial charge >= 0.3 is 5.97 Å². The number of nitrogens with zero attached hydrogens (tertiary/aromatic N) is 1. The van der Waals surface area contributed by atoms with Gasteiger partial charge in [0.25, 0.3) is 0 Å². The Morgan fingerprint density at radius 3 is 2.52 bits per heavy atom. The summed E-state index contributed by atoms with van der Waals surface area (Å²) in [6, 6.07) is 14.9. The van der Waals surface area contributed by atoms with E-state index in [4.69, 9.17) is 14.2 Å². The maximum atomic E-state index is 13.2. The number of esters is 1. The minimum absolute atomic E-state index is 0.0442. The van der Waals surface area contributed by atoms with Gasteiger partial charge in [-0.2, -0.15) is 0 Å². The van der Waals surface area contributed by atoms with E-state index in [1.54, 1.807) is 18.2 Å². The number of benzene rings is 2. The molecule has 3 aromatic rings. The Balaban J connectivity index is 1.60. The second-order valence-electron chi connectivity index (χ2n) is 7.11. The lowest BCUT2D eigenvalue weighted by Crippen LogP contribution is -2.16. The molecule has 0 aliphatic carbocycles. The second-order valence-corrected chi connectivity index (χ2v) is 7.11. The van der Waals surface area contributed by atoms with Crippen LogP contribution in [-0.4, -0.2) is 36.6 Å². The molecule has 5 rings (SSSR count). The number of ketones is 1. The van der Waals surface area contributed by atoms with Crippen LogP contribution < -0.4 is 9.47 Å². The van der Waals surface area contributed by atoms with Crippen LogP contribution in [0.2, 0.25) is 0 Å². The Hall–Kier alpha value is -3.54. The zero-order chi connectivity index (χ0) is 20.0. The molecule has 0 spiro atoms. The third-order valence-corrected chi connectivity index (χ3v) is 5.48. The maximum absolute atomic E-state index is 13.2. The molecule has 0 saturated heterocycles. The topological polar surface area (TPSA) is 66.8 Å². The molecule has 2 aliphatic rings. The highest BCUT2D eigenvalue weighted by Gasteiger charge is 2.30. The lowest BCUT2D eigenvalue weighted by atomic mass is 9.89. The molecule has 0 saturated carbocycles. The smallest absolute Gasteiger partial charge is 0.337 e. The van der Waals surface area contributed by atoms with Gasteiger partial charge in [-0.05, 0) is 35.9 Å². The van der Waals surface area contributed by atoms with E-state index in [0.29, 0.717) is 42.3 Å². The van der Waals surface area contributed by atoms with Crippen molar-refractivity contribution in [3.63, 3.8) is 0 Å². The fourth-order valence-electron chi connectivity index (χ4n) is 4.06. The van der Waals surface area contributed by atoms with Crippen molar-refractivity contribution in [1.29, 1.82) is 0 Å². The molecule has 6 heteroatoms. The van der Waals surface area contributed by atoms with Crippen molar-refractivity contribution in [1.82, 2.24) is 4.57 Å². The highest BCUT2D eigenvalue weighted by Crippen LogP contribution is 2.41. The minimum atomic E-state index is -0.380. The van der Waals surface area contributed by atoms with Crippen LogP contribution in [0.3, 0.4) is 0 Å². The standard InChI is InChI=1S/C23H19NO5/c1-27-23(26)15-6-4-14(5-7-15)16-11-20(25)17-12-21-22(29-10-9-28-21)13-19(17)24-8-2-3-18(16)24/h2-8,12-13,16H,9-11H2,1H3/t16-/m0/s1. The molecule has 1 atom stereocenters. The van der Waals surface area contributed by atoms with Crippen LogP contribution in [0.25, 0.3) is 5.69 Å². The van der Waals surface area contributed by atoms with Gasteiger partial charge in [0.2, 0.25) is 0 Å². The van der Waals surface area contributed by atoms with E-state index in [0.717, 1.165) is 16.9 Å². The normalized spacial score (nSPS) is 17.1. The van der Waals surface area contributed by atoms with Crippen molar-refractivity contribution in [3.8, 4) is 17.2 Å². The van der Waals surface area contributed by atoms with Crippen LogP contribution in [-0.2, 0) is 4.74 Å². The van der Waals surface area contributed by atoms with E-state index in [9.17, 15) is 9.59 Å². The summed E-state index contributed by atoms with van der Waals surface area (Å²) in [6.45, 7) is 0.970. The van der Waals surface area contributed by atoms with E-state index < -0.39 is 0 Å². The number of Topliss-reactive ketones (excluding diaryl/α,β-unsaturated/α-hetero) is 1. The van der Waals surface area contributed by atoms with Crippen molar-refractivity contribution in [2.75, 3.05) is 20.3 Å². The number of methoxy groups -OCH3 is 1. The molecule has 0 fully saturated rings. The number of hydrogen-bond donors (Lipinski definition) is 0. The lowest BCUT2D eigenvalue weighted by molar-refractivity contribution is 0.0600. The molecule has 0 N–H and O–H groups in total. The Bertz CT molecular complexity index is 1110. The predicted molar refractivity (Wildman–Crippen MR) is 105 cm³/mol. The maximum Gasteiger partial charge on any atom is 0.337 e. The summed E-state index contributed by atoms with van der Waals surface area (Å²) in [5.41, 5.74) is 3.89. The van der Waals surface area contributed by atoms with Crippen LogP contribution in [0.5, 0.6) is 11.5 Å². The van der Waals surface area contributed by atoms with Crippen molar-refractivity contribution in [2.24, 2.45) is 0 Å². The van der Waals surface area contributed by atoms with Crippen LogP contribution in [0.1, 0.15) is 44.3 Å². The van der Waals surface area contributed by atoms with Gasteiger partial charge in [0.05, 0.1) is 18.4 Å². The van der Waals surface area contributed by atoms with Crippen LogP contribution in [0.15, 0.2) is 54.7 Å². The first-order valence-corrected chi connectivity index (χ1v) is 9.48. The third-order valence-electron chi connectivity index (χ3n) is 5.48. The molecule has 2 aromatic carbocycles. The first-order chi connectivity index (χ1) is 14.2. The number of carbonyl (C=O) groups is 2. The summed E-state index contributed by atoms with van der Waals surface area (Å²) in [7, 11) is 1.36. The molecule has 3 heterocycles. The summed E-state index contributed by atoms with van der Waals surface area (Å²) >= 11 is 0. The molecule has 146 valence electrons. The van der Waals surface area contributed by atoms with Gasteiger partial charge in [-0.3, -0.25) is 4.79 Å². The minimum Gasteiger partial charge on any atom is -0.486 e. The average Bonchev–Trinajstić information content (AvgIpc) is 3.21. The first-order valence-electron chi connectivity index (χ1n) is 9.48. The van der Waals surface area contributed by atoms with Crippen molar-refractivity contribution in [3.05, 3.63) is 77.1 Å². The largest absolute Gasteiger partial charge is 0.486 e. The van der Waals surface area contributed by atoms with Gasteiger partial charge < -0.3 is 18.8 Å². The van der Waals surface area contributed by atoms with Crippen molar-refractivity contribution < 1.29 is 23.8 Å². The van der Waals surface area contributed by atoms with Crippen LogP contribution >= 0.6 is 0 Å². The summed E-state index contributed by atoms with van der Waals surface area (Å²) in [5, 5.41) is 0. The summed E-state index contributed by atoms with van der Waals surface area (Å²) in [4.78, 5) is 24.9. The highest BCUT2D eigenvalue weighted by molar-refractivity contribution is 6.01. The SMILES string of the molecule is COC(=O)c1ccc([C@@H]2CC(=O)c3cc4c(cc3-n3cccc32)OCCO4)cc1. The zero-order valence-corrected chi connectivity index (χ0v) is 15.9. The summed E-state index contributed by atoms with van der Waals surface area (Å²) < 4.78 is 18.2. The number of rotatable bonds is 2. The van der Waals surface area contributed by atoms with Crippen LogP contribution in [0.4, 0.5) is 0 Å². The molecule has 2 aliphatic heterocycles. The van der Waals surface area contributed by atoms with Crippen molar-refractivity contribution in [2.45, 2.75) is 12.3 Å². The Morgan fingerprint density at radius 1 is 1.07 bits per heavy atom. The molecule has 6 nitrogen and oxygen atoms in total. The van der Waals surface area contributed by atoms with Gasteiger partial charge in [-0.1, -0.05) is 12.1 Å². The number of fused-ring (bicyclic) bond motifs is 4. The lowest BCUT2D eigenvalue weighted by Gasteiger charge is -2.21. The zero-order valence-electron chi connectivity index (χ0n) is 15.9. The molecule has 0 bridgehead atoms. The number of carbonyl (C=O) groups excluding carboxylic acids is 2. The van der Waals surface area contributed by atoms with E-state index in [1.165, 1.54) is 7.11 Å². The predicted octanol–water partition coefficient (Wildman–Crippen LogP) is 3.75. The van der Waals surface area contributed by atoms with Gasteiger partial charge in [0.1, 0.15) is 13.2 Å². The first kappa shape index (κ1) is 17.6. The van der Waals surface area contributed by atoms with Gasteiger partial charge in [-0.25, -0.2) is 4.79 Å². The van der Waals surface area contributed by atoms with Crippen molar-refractivity contribution >= 4 is 11.8 Å². The summed E-state index contributed by atoms with van der Waals surface area (Å²) in [5.74, 6) is 0.800. The molecule has 0 radical (unpaired) electrons. The van der Waals surface area contributed by atoms with E-state index in [-0.39, 0.29) is 17.7 Å².